The maximum absolute atomic E-state index is 6.13. The van der Waals surface area contributed by atoms with Crippen LogP contribution in [0, 0.1) is 0 Å². The number of quaternary nitrogens is 1. The van der Waals surface area contributed by atoms with Crippen LogP contribution in [0.4, 0.5) is 0 Å². The van der Waals surface area contributed by atoms with Crippen molar-refractivity contribution in [2.24, 2.45) is 0 Å². The molecule has 0 N–H and O–H groups in total. The highest BCUT2D eigenvalue weighted by molar-refractivity contribution is 4.88. The van der Waals surface area contributed by atoms with E-state index in [-0.39, 0.29) is 22.0 Å². The molecule has 0 aromatic heterocycles. The first kappa shape index (κ1) is 16.9. The van der Waals surface area contributed by atoms with Crippen LogP contribution in [-0.2, 0) is 14.4 Å². The van der Waals surface area contributed by atoms with E-state index in [1.807, 2.05) is 13.8 Å². The smallest absolute Gasteiger partial charge is 0.159 e. The number of ether oxygens (including phenoxy) is 1. The van der Waals surface area contributed by atoms with Gasteiger partial charge in [0.15, 0.2) is 11.1 Å². The van der Waals surface area contributed by atoms with E-state index < -0.39 is 0 Å². The fourth-order valence-electron chi connectivity index (χ4n) is 3.70. The Morgan fingerprint density at radius 2 is 1.26 bits per heavy atom. The van der Waals surface area contributed by atoms with Crippen LogP contribution in [0.25, 0.3) is 0 Å². The van der Waals surface area contributed by atoms with Gasteiger partial charge in [0.05, 0.1) is 6.10 Å². The van der Waals surface area contributed by atoms with E-state index >= 15 is 0 Å². The van der Waals surface area contributed by atoms with Crippen LogP contribution in [0.3, 0.4) is 0 Å². The molecule has 1 fully saturated rings. The van der Waals surface area contributed by atoms with Gasteiger partial charge in [0.25, 0.3) is 0 Å². The minimum Gasteiger partial charge on any atom is -0.378 e. The Hall–Kier alpha value is -0.160. The Bertz CT molecular complexity index is 263. The summed E-state index contributed by atoms with van der Waals surface area (Å²) >= 11 is 0. The van der Waals surface area contributed by atoms with Crippen molar-refractivity contribution in [2.45, 2.75) is 78.5 Å². The van der Waals surface area contributed by atoms with Gasteiger partial charge in [-0.3, -0.25) is 0 Å². The normalized spacial score (nSPS) is 25.4. The van der Waals surface area contributed by atoms with E-state index in [4.69, 9.17) is 14.4 Å². The number of hydrogen-bond acceptors (Lipinski definition) is 3. The lowest BCUT2D eigenvalue weighted by atomic mass is 9.79. The third kappa shape index (κ3) is 2.97. The predicted octanol–water partition coefficient (Wildman–Crippen LogP) is 3.46. The molecule has 0 aromatic rings. The van der Waals surface area contributed by atoms with Gasteiger partial charge in [0.2, 0.25) is 0 Å². The summed E-state index contributed by atoms with van der Waals surface area (Å²) < 4.78 is 5.88. The van der Waals surface area contributed by atoms with Gasteiger partial charge in [-0.05, 0) is 53.3 Å². The second kappa shape index (κ2) is 6.08. The molecule has 19 heavy (non-hydrogen) atoms. The van der Waals surface area contributed by atoms with Gasteiger partial charge in [-0.15, -0.1) is 0 Å². The second-order valence-corrected chi connectivity index (χ2v) is 6.50. The molecule has 4 heteroatoms. The lowest BCUT2D eigenvalue weighted by molar-refractivity contribution is -1.30. The van der Waals surface area contributed by atoms with E-state index in [9.17, 15) is 0 Å². The maximum Gasteiger partial charge on any atom is 0.159 e. The average Bonchev–Trinajstić information content (AvgIpc) is 2.25. The quantitative estimate of drug-likeness (QED) is 0.694. The van der Waals surface area contributed by atoms with Gasteiger partial charge in [0.1, 0.15) is 13.2 Å². The topological polar surface area (TPSA) is 27.7 Å². The third-order valence-electron chi connectivity index (χ3n) is 4.07. The SMILES string of the molecule is CCOC1CC(C)(C)[N+](OCC)(OCC)C(C)(C)C1. The van der Waals surface area contributed by atoms with Crippen molar-refractivity contribution in [2.75, 3.05) is 19.8 Å². The van der Waals surface area contributed by atoms with Crippen LogP contribution in [0.5, 0.6) is 0 Å². The Labute approximate surface area is 118 Å². The molecule has 4 nitrogen and oxygen atoms in total. The number of nitrogens with zero attached hydrogens (tertiary/aromatic N) is 1. The molecule has 0 bridgehead atoms. The molecule has 0 aromatic carbocycles. The van der Waals surface area contributed by atoms with E-state index in [0.29, 0.717) is 13.2 Å². The Morgan fingerprint density at radius 1 is 0.842 bits per heavy atom. The summed E-state index contributed by atoms with van der Waals surface area (Å²) in [6, 6.07) is 0. The van der Waals surface area contributed by atoms with Crippen LogP contribution in [0.15, 0.2) is 0 Å². The second-order valence-electron chi connectivity index (χ2n) is 6.50. The van der Waals surface area contributed by atoms with Crippen molar-refractivity contribution in [1.29, 1.82) is 0 Å². The molecule has 1 rings (SSSR count). The van der Waals surface area contributed by atoms with Crippen LogP contribution in [0.1, 0.15) is 61.3 Å². The molecule has 0 saturated carbocycles. The highest BCUT2D eigenvalue weighted by Gasteiger charge is 2.64. The van der Waals surface area contributed by atoms with Crippen molar-refractivity contribution in [3.63, 3.8) is 0 Å². The number of hydroxylamine groups is 4. The van der Waals surface area contributed by atoms with Gasteiger partial charge in [-0.25, -0.2) is 0 Å². The molecule has 0 aliphatic carbocycles. The molecule has 1 aliphatic heterocycles. The Morgan fingerprint density at radius 3 is 1.58 bits per heavy atom. The first-order valence-corrected chi connectivity index (χ1v) is 7.56. The summed E-state index contributed by atoms with van der Waals surface area (Å²) in [6.45, 7) is 17.0. The molecule has 1 saturated heterocycles. The molecule has 114 valence electrons. The molecule has 0 radical (unpaired) electrons. The fraction of sp³-hybridized carbons (Fsp3) is 1.00. The molecule has 0 atom stereocenters. The first-order chi connectivity index (χ1) is 8.76. The van der Waals surface area contributed by atoms with Crippen molar-refractivity contribution in [3.05, 3.63) is 0 Å². The van der Waals surface area contributed by atoms with Crippen molar-refractivity contribution >= 4 is 0 Å². The van der Waals surface area contributed by atoms with E-state index in [0.717, 1.165) is 19.4 Å². The minimum absolute atomic E-state index is 0.131. The molecule has 0 spiro atoms. The third-order valence-corrected chi connectivity index (χ3v) is 4.07. The van der Waals surface area contributed by atoms with E-state index in [1.54, 1.807) is 0 Å². The van der Waals surface area contributed by atoms with Crippen molar-refractivity contribution in [1.82, 2.24) is 0 Å². The van der Waals surface area contributed by atoms with Crippen molar-refractivity contribution in [3.8, 4) is 0 Å². The van der Waals surface area contributed by atoms with Crippen LogP contribution in [-0.4, -0.2) is 41.8 Å². The van der Waals surface area contributed by atoms with E-state index in [2.05, 4.69) is 34.6 Å². The molecule has 0 amide bonds. The zero-order valence-electron chi connectivity index (χ0n) is 13.8. The standard InChI is InChI=1S/C15H32NO3/c1-8-17-13-11-14(4,5)16(18-9-2,19-10-3)15(6,7)12-13/h13H,8-12H2,1-7H3/q+1. The highest BCUT2D eigenvalue weighted by atomic mass is 17.0. The number of hydrogen-bond donors (Lipinski definition) is 0. The van der Waals surface area contributed by atoms with E-state index in [1.165, 1.54) is 0 Å². The molecular formula is C15H32NO3+. The zero-order chi connectivity index (χ0) is 14.7. The summed E-state index contributed by atoms with van der Waals surface area (Å²) in [6.07, 6.45) is 2.18. The Kier molecular flexibility index (Phi) is 5.41. The molecule has 0 unspecified atom stereocenters. The predicted molar refractivity (Wildman–Crippen MR) is 76.3 cm³/mol. The summed E-state index contributed by atoms with van der Waals surface area (Å²) in [5.74, 6) is 0. The molecular weight excluding hydrogens is 242 g/mol. The fourth-order valence-corrected chi connectivity index (χ4v) is 3.70. The van der Waals surface area contributed by atoms with Gasteiger partial charge >= 0.3 is 0 Å². The number of piperidine rings is 1. The lowest BCUT2D eigenvalue weighted by Crippen LogP contribution is -2.74. The monoisotopic (exact) mass is 274 g/mol. The first-order valence-electron chi connectivity index (χ1n) is 7.56. The lowest BCUT2D eigenvalue weighted by Gasteiger charge is -2.56. The summed E-state index contributed by atoms with van der Waals surface area (Å²) in [5, 5.41) is 0. The largest absolute Gasteiger partial charge is 0.378 e. The van der Waals surface area contributed by atoms with Gasteiger partial charge in [-0.2, -0.15) is 9.68 Å². The zero-order valence-corrected chi connectivity index (χ0v) is 13.8. The van der Waals surface area contributed by atoms with Gasteiger partial charge in [-0.1, -0.05) is 0 Å². The number of rotatable bonds is 6. The minimum atomic E-state index is -0.131. The van der Waals surface area contributed by atoms with Crippen LogP contribution in [0.2, 0.25) is 0 Å². The highest BCUT2D eigenvalue weighted by Crippen LogP contribution is 2.47. The maximum atomic E-state index is 6.13. The average molecular weight is 274 g/mol. The summed E-state index contributed by atoms with van der Waals surface area (Å²) in [5.41, 5.74) is -0.263. The molecule has 1 aliphatic rings. The molecule has 1 heterocycles. The van der Waals surface area contributed by atoms with Crippen LogP contribution >= 0.6 is 0 Å². The van der Waals surface area contributed by atoms with Gasteiger partial charge < -0.3 is 4.74 Å². The van der Waals surface area contributed by atoms with Crippen LogP contribution < -0.4 is 0 Å². The van der Waals surface area contributed by atoms with Crippen molar-refractivity contribution < 1.29 is 19.2 Å². The summed E-state index contributed by atoms with van der Waals surface area (Å²) in [4.78, 5) is 12.5. The summed E-state index contributed by atoms with van der Waals surface area (Å²) in [7, 11) is 0. The van der Waals surface area contributed by atoms with Gasteiger partial charge in [0, 0.05) is 19.4 Å². The Balaban J connectivity index is 3.12.